The van der Waals surface area contributed by atoms with E-state index < -0.39 is 61.6 Å². The summed E-state index contributed by atoms with van der Waals surface area (Å²) in [5, 5.41) is 2.96. The van der Waals surface area contributed by atoms with E-state index in [4.69, 9.17) is 9.97 Å². The molecular weight excluding hydrogens is 802 g/mol. The van der Waals surface area contributed by atoms with Crippen LogP contribution in [-0.4, -0.2) is 78.7 Å². The van der Waals surface area contributed by atoms with Crippen molar-refractivity contribution in [2.24, 2.45) is 0 Å². The molecule has 0 saturated carbocycles. The van der Waals surface area contributed by atoms with Crippen LogP contribution in [0.2, 0.25) is 78.6 Å². The van der Waals surface area contributed by atoms with Gasteiger partial charge in [-0.1, -0.05) is 0 Å². The molecule has 2 aromatic heterocycles. The van der Waals surface area contributed by atoms with Crippen LogP contribution in [0.25, 0.3) is 21.8 Å². The van der Waals surface area contributed by atoms with Gasteiger partial charge in [0.1, 0.15) is 0 Å². The van der Waals surface area contributed by atoms with Crippen molar-refractivity contribution in [2.75, 3.05) is 0 Å². The number of aromatic nitrogens is 2. The van der Waals surface area contributed by atoms with Gasteiger partial charge in [0, 0.05) is 0 Å². The molecule has 0 aliphatic carbocycles. The summed E-state index contributed by atoms with van der Waals surface area (Å²) in [6.07, 6.45) is 3.93. The quantitative estimate of drug-likeness (QED) is 0.118. The minimum absolute atomic E-state index is 0.580. The number of pyridine rings is 2. The predicted octanol–water partition coefficient (Wildman–Crippen LogP) is 10.7. The zero-order chi connectivity index (χ0) is 36.0. The number of hydrogen-bond acceptors (Lipinski definition) is 5. The molecule has 0 saturated heterocycles. The third-order valence-electron chi connectivity index (χ3n) is 7.97. The average Bonchev–Trinajstić information content (AvgIpc) is 3.02. The summed E-state index contributed by atoms with van der Waals surface area (Å²) < 4.78 is 5.90. The van der Waals surface area contributed by atoms with E-state index in [0.717, 1.165) is 11.4 Å². The molecule has 0 spiro atoms. The minimum atomic E-state index is -1.84. The Labute approximate surface area is 317 Å². The van der Waals surface area contributed by atoms with Crippen LogP contribution in [-0.2, 0) is 0 Å². The monoisotopic (exact) mass is 858 g/mol. The first-order valence-electron chi connectivity index (χ1n) is 17.1. The fourth-order valence-electron chi connectivity index (χ4n) is 5.85. The first-order chi connectivity index (χ1) is 22.9. The summed E-state index contributed by atoms with van der Waals surface area (Å²) in [5.41, 5.74) is 7.85. The van der Waals surface area contributed by atoms with Crippen LogP contribution < -0.4 is 0 Å². The van der Waals surface area contributed by atoms with E-state index in [1.807, 2.05) is 24.5 Å². The van der Waals surface area contributed by atoms with Gasteiger partial charge in [0.2, 0.25) is 0 Å². The van der Waals surface area contributed by atoms with Crippen LogP contribution >= 0.6 is 8.41 Å². The van der Waals surface area contributed by atoms with E-state index in [1.54, 1.807) is 0 Å². The van der Waals surface area contributed by atoms with E-state index in [9.17, 15) is 0 Å². The van der Waals surface area contributed by atoms with Crippen molar-refractivity contribution >= 4 is 91.8 Å². The van der Waals surface area contributed by atoms with Crippen LogP contribution in [0.4, 0.5) is 0 Å². The molecule has 11 heteroatoms. The zero-order valence-electron chi connectivity index (χ0n) is 31.6. The maximum absolute atomic E-state index is 4.99. The Morgan fingerprint density at radius 1 is 0.469 bits per heavy atom. The third-order valence-corrected chi connectivity index (χ3v) is 37.3. The Balaban J connectivity index is 1.90. The van der Waals surface area contributed by atoms with Gasteiger partial charge in [0.05, 0.1) is 0 Å². The summed E-state index contributed by atoms with van der Waals surface area (Å²) in [6, 6.07) is 35.3. The third kappa shape index (κ3) is 10.6. The molecule has 2 aromatic carbocycles. The van der Waals surface area contributed by atoms with Gasteiger partial charge in [-0.2, -0.15) is 0 Å². The molecule has 0 fully saturated rings. The van der Waals surface area contributed by atoms with Crippen LogP contribution in [0.5, 0.6) is 0 Å². The predicted molar refractivity (Wildman–Crippen MR) is 231 cm³/mol. The molecule has 2 heterocycles. The Morgan fingerprint density at radius 3 is 1.06 bits per heavy atom. The van der Waals surface area contributed by atoms with E-state index in [2.05, 4.69) is 179 Å². The summed E-state index contributed by atoms with van der Waals surface area (Å²) in [6.45, 7) is 30.2. The van der Waals surface area contributed by atoms with Crippen molar-refractivity contribution in [3.8, 4) is 0 Å². The molecule has 0 aliphatic heterocycles. The molecule has 0 N–H and O–H groups in total. The molecule has 4 aromatic rings. The van der Waals surface area contributed by atoms with E-state index in [0.29, 0.717) is 0 Å². The van der Waals surface area contributed by atoms with Crippen LogP contribution in [0.15, 0.2) is 109 Å². The van der Waals surface area contributed by atoms with Crippen molar-refractivity contribution in [2.45, 2.75) is 78.6 Å². The van der Waals surface area contributed by atoms with E-state index in [1.165, 1.54) is 32.9 Å². The van der Waals surface area contributed by atoms with Crippen molar-refractivity contribution < 1.29 is 0 Å². The number of hydrogen-bond donors (Lipinski definition) is 0. The Morgan fingerprint density at radius 2 is 0.796 bits per heavy atom. The SMILES string of the molecule is C[Si](C)(C)/C(=C(\c1ccccc1)[N]([Ge][S][Ge][N](/C(=C(\c1ccccn1)[Si](C)(C)C)c1ccccc1)[Si](C)(C)C)[Si](C)(C)C)c1ccccn1. The van der Waals surface area contributed by atoms with E-state index in [-0.39, 0.29) is 0 Å². The molecule has 49 heavy (non-hydrogen) atoms. The van der Waals surface area contributed by atoms with Crippen molar-refractivity contribution in [3.05, 3.63) is 132 Å². The number of benzene rings is 2. The summed E-state index contributed by atoms with van der Waals surface area (Å²) in [7, 11) is -5.00. The van der Waals surface area contributed by atoms with Crippen LogP contribution in [0, 0.1) is 0 Å². The van der Waals surface area contributed by atoms with Gasteiger partial charge < -0.3 is 0 Å². The first-order valence-corrected chi connectivity index (χ1v) is 38.8. The zero-order valence-corrected chi connectivity index (χ0v) is 40.6. The molecule has 4 nitrogen and oxygen atoms in total. The first kappa shape index (κ1) is 39.9. The van der Waals surface area contributed by atoms with Gasteiger partial charge in [-0.25, -0.2) is 0 Å². The molecular formula is C38H54Ge2N4SSi4. The molecule has 4 radical (unpaired) electrons. The van der Waals surface area contributed by atoms with Crippen molar-refractivity contribution in [1.29, 1.82) is 0 Å². The molecule has 0 aliphatic rings. The van der Waals surface area contributed by atoms with Gasteiger partial charge in [-0.3, -0.25) is 0 Å². The Bertz CT molecular complexity index is 1590. The summed E-state index contributed by atoms with van der Waals surface area (Å²) >= 11 is -1.16. The fourth-order valence-corrected chi connectivity index (χ4v) is 43.3. The van der Waals surface area contributed by atoms with Crippen molar-refractivity contribution in [3.63, 3.8) is 0 Å². The number of rotatable bonds is 14. The normalized spacial score (nSPS) is 13.8. The van der Waals surface area contributed by atoms with Gasteiger partial charge in [0.25, 0.3) is 0 Å². The van der Waals surface area contributed by atoms with Gasteiger partial charge in [-0.05, 0) is 0 Å². The molecule has 4 rings (SSSR count). The standard InChI is InChI=1S/C38H54Ge2N4SSi4/c1-46(2,3)37(33-27-19-21-29-41-33)35(31-23-15-13-16-24-31)43(48(7,8)9)39-45-40-44(49(10,11)12)36(32-25-17-14-18-26-32)38(47(4,5)6)34-28-20-22-30-42-34/h13-30H,1-12H3/b37-35+,38-36+. The van der Waals surface area contributed by atoms with E-state index >= 15 is 0 Å². The van der Waals surface area contributed by atoms with Gasteiger partial charge >= 0.3 is 319 Å². The van der Waals surface area contributed by atoms with Gasteiger partial charge in [0.15, 0.2) is 0 Å². The van der Waals surface area contributed by atoms with Crippen molar-refractivity contribution in [1.82, 2.24) is 17.0 Å². The molecule has 0 amide bonds. The van der Waals surface area contributed by atoms with Crippen LogP contribution in [0.1, 0.15) is 22.5 Å². The molecule has 0 unspecified atom stereocenters. The topological polar surface area (TPSA) is 32.3 Å². The second-order valence-electron chi connectivity index (χ2n) is 16.4. The Kier molecular flexibility index (Phi) is 13.6. The molecule has 0 atom stereocenters. The summed E-state index contributed by atoms with van der Waals surface area (Å²) in [5.74, 6) is 0. The Hall–Kier alpha value is -1.88. The maximum atomic E-state index is 4.99. The molecule has 256 valence electrons. The average molecular weight is 857 g/mol. The van der Waals surface area contributed by atoms with Crippen LogP contribution in [0.3, 0.4) is 0 Å². The second kappa shape index (κ2) is 16.6. The summed E-state index contributed by atoms with van der Waals surface area (Å²) in [4.78, 5) is 9.99. The second-order valence-corrected chi connectivity index (χ2v) is 50.6. The fraction of sp³-hybridized carbons (Fsp3) is 0.316. The van der Waals surface area contributed by atoms with Gasteiger partial charge in [-0.15, -0.1) is 0 Å². The molecule has 0 bridgehead atoms. The number of nitrogens with zero attached hydrogens (tertiary/aromatic N) is 4.